The Balaban J connectivity index is 1.74. The maximum Gasteiger partial charge on any atom is 0.274 e. The van der Waals surface area contributed by atoms with E-state index in [1.54, 1.807) is 20.1 Å². The lowest BCUT2D eigenvalue weighted by Crippen LogP contribution is -3.12. The molecule has 0 saturated carbocycles. The van der Waals surface area contributed by atoms with Gasteiger partial charge in [0.1, 0.15) is 31.2 Å². The molecular weight excluding hydrogens is 361 g/mol. The van der Waals surface area contributed by atoms with E-state index < -0.39 is 11.7 Å². The first kappa shape index (κ1) is 20.0. The van der Waals surface area contributed by atoms with E-state index in [1.807, 2.05) is 18.2 Å². The van der Waals surface area contributed by atoms with Crippen LogP contribution in [0.25, 0.3) is 0 Å². The molecule has 2 aromatic rings. The van der Waals surface area contributed by atoms with Crippen LogP contribution < -0.4 is 15.1 Å². The van der Waals surface area contributed by atoms with Crippen LogP contribution in [-0.2, 0) is 11.3 Å². The average molecular weight is 386 g/mol. The number of ether oxygens (including phenoxy) is 2. The minimum absolute atomic E-state index is 0.0367. The fourth-order valence-electron chi connectivity index (χ4n) is 3.15. The average Bonchev–Trinajstić information content (AvgIpc) is 2.73. The molecule has 0 bridgehead atoms. The minimum atomic E-state index is -0.580. The lowest BCUT2D eigenvalue weighted by molar-refractivity contribution is -0.921. The van der Waals surface area contributed by atoms with Crippen LogP contribution in [0.15, 0.2) is 47.6 Å². The number of carbonyl (C=O) groups excluding carboxylic acids is 1. The summed E-state index contributed by atoms with van der Waals surface area (Å²) in [6.07, 6.45) is 0. The van der Waals surface area contributed by atoms with Crippen molar-refractivity contribution in [3.05, 3.63) is 65.0 Å². The number of nitrogens with zero attached hydrogens (tertiary/aromatic N) is 1. The van der Waals surface area contributed by atoms with Gasteiger partial charge in [-0.1, -0.05) is 12.1 Å². The molecule has 0 radical (unpaired) electrons. The molecule has 0 aromatic heterocycles. The molecule has 1 fully saturated rings. The van der Waals surface area contributed by atoms with Crippen molar-refractivity contribution in [2.75, 3.05) is 33.4 Å². The summed E-state index contributed by atoms with van der Waals surface area (Å²) in [5, 5.41) is 4.14. The van der Waals surface area contributed by atoms with E-state index in [0.717, 1.165) is 49.7 Å². The van der Waals surface area contributed by atoms with Crippen molar-refractivity contribution in [1.29, 1.82) is 0 Å². The van der Waals surface area contributed by atoms with Crippen molar-refractivity contribution in [2.24, 2.45) is 5.10 Å². The van der Waals surface area contributed by atoms with Crippen LogP contribution in [0.2, 0.25) is 0 Å². The van der Waals surface area contributed by atoms with E-state index in [9.17, 15) is 9.18 Å². The van der Waals surface area contributed by atoms with Crippen LogP contribution in [-0.4, -0.2) is 45.0 Å². The Morgan fingerprint density at radius 1 is 1.25 bits per heavy atom. The number of hydrazone groups is 1. The number of nitrogens with one attached hydrogen (secondary N) is 2. The maximum atomic E-state index is 13.7. The zero-order chi connectivity index (χ0) is 19.9. The molecule has 7 heteroatoms. The number of methoxy groups -OCH3 is 1. The molecular formula is C21H25FN3O3+. The third kappa shape index (κ3) is 4.94. The Labute approximate surface area is 163 Å². The Hall–Kier alpha value is -2.77. The number of morpholine rings is 1. The van der Waals surface area contributed by atoms with Crippen molar-refractivity contribution in [3.8, 4) is 5.75 Å². The third-order valence-electron chi connectivity index (χ3n) is 4.78. The van der Waals surface area contributed by atoms with Gasteiger partial charge in [-0.3, -0.25) is 4.79 Å². The van der Waals surface area contributed by atoms with Gasteiger partial charge in [-0.2, -0.15) is 5.10 Å². The van der Waals surface area contributed by atoms with Gasteiger partial charge in [-0.25, -0.2) is 9.82 Å². The van der Waals surface area contributed by atoms with Crippen molar-refractivity contribution in [1.82, 2.24) is 5.43 Å². The Kier molecular flexibility index (Phi) is 6.73. The van der Waals surface area contributed by atoms with Gasteiger partial charge in [-0.05, 0) is 42.8 Å². The first-order chi connectivity index (χ1) is 13.6. The fourth-order valence-corrected chi connectivity index (χ4v) is 3.15. The van der Waals surface area contributed by atoms with Gasteiger partial charge in [0.15, 0.2) is 0 Å². The zero-order valence-electron chi connectivity index (χ0n) is 16.1. The molecule has 2 aromatic carbocycles. The van der Waals surface area contributed by atoms with Crippen molar-refractivity contribution < 1.29 is 23.6 Å². The van der Waals surface area contributed by atoms with Crippen molar-refractivity contribution in [2.45, 2.75) is 13.5 Å². The second-order valence-electron chi connectivity index (χ2n) is 6.68. The van der Waals surface area contributed by atoms with Gasteiger partial charge < -0.3 is 14.4 Å². The summed E-state index contributed by atoms with van der Waals surface area (Å²) < 4.78 is 24.6. The molecule has 2 N–H and O–H groups in total. The summed E-state index contributed by atoms with van der Waals surface area (Å²) in [5.74, 6) is -0.331. The van der Waals surface area contributed by atoms with Gasteiger partial charge in [0.25, 0.3) is 5.91 Å². The molecule has 0 atom stereocenters. The van der Waals surface area contributed by atoms with Crippen LogP contribution in [0, 0.1) is 5.82 Å². The van der Waals surface area contributed by atoms with Gasteiger partial charge in [0, 0.05) is 5.56 Å². The van der Waals surface area contributed by atoms with E-state index in [1.165, 1.54) is 23.1 Å². The van der Waals surface area contributed by atoms with Crippen molar-refractivity contribution >= 4 is 11.6 Å². The minimum Gasteiger partial charge on any atom is -0.496 e. The number of quaternary nitrogens is 1. The molecule has 1 amide bonds. The smallest absolute Gasteiger partial charge is 0.274 e. The second-order valence-corrected chi connectivity index (χ2v) is 6.68. The van der Waals surface area contributed by atoms with Crippen LogP contribution in [0.3, 0.4) is 0 Å². The molecule has 0 spiro atoms. The number of carbonyl (C=O) groups is 1. The van der Waals surface area contributed by atoms with Crippen LogP contribution in [0.1, 0.15) is 28.4 Å². The van der Waals surface area contributed by atoms with E-state index in [2.05, 4.69) is 10.5 Å². The predicted molar refractivity (Wildman–Crippen MR) is 104 cm³/mol. The first-order valence-corrected chi connectivity index (χ1v) is 9.26. The molecule has 28 heavy (non-hydrogen) atoms. The Morgan fingerprint density at radius 2 is 2.00 bits per heavy atom. The van der Waals surface area contributed by atoms with Gasteiger partial charge in [0.05, 0.1) is 31.6 Å². The molecule has 3 rings (SSSR count). The lowest BCUT2D eigenvalue weighted by atomic mass is 10.1. The number of hydrogen-bond donors (Lipinski definition) is 2. The second kappa shape index (κ2) is 9.43. The molecule has 1 aliphatic rings. The maximum absolute atomic E-state index is 13.7. The topological polar surface area (TPSA) is 64.4 Å². The monoisotopic (exact) mass is 386 g/mol. The normalized spacial score (nSPS) is 15.3. The molecule has 1 heterocycles. The number of halogens is 1. The summed E-state index contributed by atoms with van der Waals surface area (Å²) in [4.78, 5) is 13.6. The highest BCUT2D eigenvalue weighted by Gasteiger charge is 2.17. The summed E-state index contributed by atoms with van der Waals surface area (Å²) >= 11 is 0. The van der Waals surface area contributed by atoms with Crippen molar-refractivity contribution in [3.63, 3.8) is 0 Å². The SMILES string of the molecule is COc1ccc(/C(C)=N\NC(=O)c2ccccc2F)cc1C[NH+]1CCOCC1. The molecule has 0 aliphatic carbocycles. The summed E-state index contributed by atoms with van der Waals surface area (Å²) in [6.45, 7) is 6.07. The van der Waals surface area contributed by atoms with Gasteiger partial charge in [-0.15, -0.1) is 0 Å². The summed E-state index contributed by atoms with van der Waals surface area (Å²) in [7, 11) is 1.66. The van der Waals surface area contributed by atoms with Gasteiger partial charge in [0.2, 0.25) is 0 Å². The summed E-state index contributed by atoms with van der Waals surface area (Å²) in [6, 6.07) is 11.6. The molecule has 6 nitrogen and oxygen atoms in total. The molecule has 148 valence electrons. The van der Waals surface area contributed by atoms with Crippen LogP contribution >= 0.6 is 0 Å². The number of benzene rings is 2. The fraction of sp³-hybridized carbons (Fsp3) is 0.333. The number of rotatable bonds is 6. The van der Waals surface area contributed by atoms with Gasteiger partial charge >= 0.3 is 0 Å². The molecule has 1 saturated heterocycles. The summed E-state index contributed by atoms with van der Waals surface area (Å²) in [5.41, 5.74) is 4.97. The predicted octanol–water partition coefficient (Wildman–Crippen LogP) is 1.40. The highest BCUT2D eigenvalue weighted by molar-refractivity contribution is 6.01. The van der Waals surface area contributed by atoms with Crippen LogP contribution in [0.5, 0.6) is 5.75 Å². The van der Waals surface area contributed by atoms with E-state index >= 15 is 0 Å². The standard InChI is InChI=1S/C21H24FN3O3/c1-15(23-24-21(26)18-5-3-4-6-19(18)22)16-7-8-20(27-2)17(13-16)14-25-9-11-28-12-10-25/h3-8,13H,9-12,14H2,1-2H3,(H,24,26)/p+1/b23-15-. The lowest BCUT2D eigenvalue weighted by Gasteiger charge is -2.24. The zero-order valence-corrected chi connectivity index (χ0v) is 16.1. The number of amides is 1. The Morgan fingerprint density at radius 3 is 2.71 bits per heavy atom. The molecule has 1 aliphatic heterocycles. The first-order valence-electron chi connectivity index (χ1n) is 9.26. The highest BCUT2D eigenvalue weighted by atomic mass is 19.1. The van der Waals surface area contributed by atoms with E-state index in [0.29, 0.717) is 5.71 Å². The highest BCUT2D eigenvalue weighted by Crippen LogP contribution is 2.20. The molecule has 0 unspecified atom stereocenters. The third-order valence-corrected chi connectivity index (χ3v) is 4.78. The Bertz CT molecular complexity index is 864. The largest absolute Gasteiger partial charge is 0.496 e. The quantitative estimate of drug-likeness (QED) is 0.583. The van der Waals surface area contributed by atoms with E-state index in [-0.39, 0.29) is 5.56 Å². The number of hydrogen-bond acceptors (Lipinski definition) is 4. The van der Waals surface area contributed by atoms with E-state index in [4.69, 9.17) is 9.47 Å². The van der Waals surface area contributed by atoms with Crippen LogP contribution in [0.4, 0.5) is 4.39 Å².